The molecular formula is C22H20Cl2N2O3. The minimum Gasteiger partial charge on any atom is -0.478 e. The maximum Gasteiger partial charge on any atom is 0.331 e. The number of carbonyl (C=O) groups excluding carboxylic acids is 1. The maximum absolute atomic E-state index is 13.1. The minimum absolute atomic E-state index is 0.0692. The fourth-order valence-electron chi connectivity index (χ4n) is 3.18. The van der Waals surface area contributed by atoms with Gasteiger partial charge in [-0.25, -0.2) is 9.80 Å². The summed E-state index contributed by atoms with van der Waals surface area (Å²) in [5.41, 5.74) is 2.15. The van der Waals surface area contributed by atoms with Crippen LogP contribution in [0.3, 0.4) is 0 Å². The van der Waals surface area contributed by atoms with Gasteiger partial charge in [-0.1, -0.05) is 48.7 Å². The third kappa shape index (κ3) is 5.05. The number of benzene rings is 2. The number of carbonyl (C=O) groups is 2. The van der Waals surface area contributed by atoms with E-state index in [9.17, 15) is 14.7 Å². The first-order valence-corrected chi connectivity index (χ1v) is 10.0. The lowest BCUT2D eigenvalue weighted by Gasteiger charge is -2.15. The van der Waals surface area contributed by atoms with Gasteiger partial charge in [-0.05, 0) is 60.9 Å². The van der Waals surface area contributed by atoms with Crippen LogP contribution in [0.1, 0.15) is 31.7 Å². The number of hydrazone groups is 1. The minimum atomic E-state index is -1.06. The molecule has 0 aromatic heterocycles. The van der Waals surface area contributed by atoms with Crippen LogP contribution in [-0.4, -0.2) is 22.7 Å². The Kier molecular flexibility index (Phi) is 6.72. The van der Waals surface area contributed by atoms with Crippen LogP contribution in [0, 0.1) is 5.92 Å². The van der Waals surface area contributed by atoms with Crippen LogP contribution in [0.15, 0.2) is 59.2 Å². The van der Waals surface area contributed by atoms with E-state index in [2.05, 4.69) is 5.10 Å². The third-order valence-electron chi connectivity index (χ3n) is 4.62. The topological polar surface area (TPSA) is 70.0 Å². The summed E-state index contributed by atoms with van der Waals surface area (Å²) in [4.78, 5) is 24.9. The van der Waals surface area contributed by atoms with Gasteiger partial charge in [0, 0.05) is 15.6 Å². The monoisotopic (exact) mass is 430 g/mol. The number of rotatable bonds is 7. The molecule has 0 saturated heterocycles. The van der Waals surface area contributed by atoms with E-state index in [-0.39, 0.29) is 17.9 Å². The van der Waals surface area contributed by atoms with E-state index in [0.717, 1.165) is 6.42 Å². The number of carboxylic acid groups (broad SMARTS) is 1. The van der Waals surface area contributed by atoms with E-state index in [1.54, 1.807) is 54.6 Å². The molecule has 1 unspecified atom stereocenters. The lowest BCUT2D eigenvalue weighted by Crippen LogP contribution is -2.28. The Morgan fingerprint density at radius 2 is 1.69 bits per heavy atom. The van der Waals surface area contributed by atoms with Gasteiger partial charge in [-0.2, -0.15) is 5.10 Å². The molecule has 150 valence electrons. The molecule has 7 heteroatoms. The van der Waals surface area contributed by atoms with Gasteiger partial charge in [0.05, 0.1) is 17.3 Å². The molecule has 1 N–H and O–H groups in total. The van der Waals surface area contributed by atoms with Crippen molar-refractivity contribution < 1.29 is 14.7 Å². The van der Waals surface area contributed by atoms with Crippen LogP contribution in [-0.2, 0) is 9.59 Å². The first-order chi connectivity index (χ1) is 13.9. The van der Waals surface area contributed by atoms with Crippen LogP contribution in [0.4, 0.5) is 5.69 Å². The summed E-state index contributed by atoms with van der Waals surface area (Å²) in [7, 11) is 0. The number of halogens is 2. The van der Waals surface area contributed by atoms with Crippen LogP contribution < -0.4 is 5.01 Å². The number of aliphatic carboxylic acids is 1. The molecule has 0 aliphatic carbocycles. The van der Waals surface area contributed by atoms with E-state index >= 15 is 0 Å². The van der Waals surface area contributed by atoms with E-state index in [4.69, 9.17) is 23.2 Å². The molecule has 3 rings (SSSR count). The molecule has 29 heavy (non-hydrogen) atoms. The molecule has 1 heterocycles. The predicted molar refractivity (Wildman–Crippen MR) is 116 cm³/mol. The molecule has 1 amide bonds. The first-order valence-electron chi connectivity index (χ1n) is 9.25. The van der Waals surface area contributed by atoms with E-state index in [0.29, 0.717) is 33.4 Å². The number of anilines is 1. The zero-order valence-corrected chi connectivity index (χ0v) is 17.3. The fraction of sp³-hybridized carbons (Fsp3) is 0.227. The van der Waals surface area contributed by atoms with Crippen LogP contribution in [0.25, 0.3) is 6.08 Å². The van der Waals surface area contributed by atoms with Gasteiger partial charge in [0.1, 0.15) is 0 Å². The number of hydrogen-bond donors (Lipinski definition) is 1. The zero-order chi connectivity index (χ0) is 21.0. The summed E-state index contributed by atoms with van der Waals surface area (Å²) in [6.07, 6.45) is 3.06. The van der Waals surface area contributed by atoms with Crippen molar-refractivity contribution in [2.45, 2.75) is 26.2 Å². The van der Waals surface area contributed by atoms with Crippen LogP contribution >= 0.6 is 23.2 Å². The van der Waals surface area contributed by atoms with E-state index in [1.807, 2.05) is 6.92 Å². The molecule has 0 radical (unpaired) electrons. The zero-order valence-electron chi connectivity index (χ0n) is 15.8. The molecule has 0 spiro atoms. The summed E-state index contributed by atoms with van der Waals surface area (Å²) in [5, 5.41) is 16.7. The highest BCUT2D eigenvalue weighted by atomic mass is 35.5. The second-order valence-corrected chi connectivity index (χ2v) is 7.62. The Bertz CT molecular complexity index is 967. The maximum atomic E-state index is 13.1. The highest BCUT2D eigenvalue weighted by Crippen LogP contribution is 2.31. The molecule has 1 aliphatic heterocycles. The molecule has 2 aromatic rings. The Morgan fingerprint density at radius 1 is 1.10 bits per heavy atom. The Labute approximate surface area is 179 Å². The third-order valence-corrected chi connectivity index (χ3v) is 5.13. The van der Waals surface area contributed by atoms with Crippen LogP contribution in [0.5, 0.6) is 0 Å². The number of hydrogen-bond acceptors (Lipinski definition) is 3. The molecule has 0 fully saturated rings. The van der Waals surface area contributed by atoms with Gasteiger partial charge in [0.2, 0.25) is 0 Å². The molecule has 2 aromatic carbocycles. The molecular weight excluding hydrogens is 411 g/mol. The normalized spacial score (nSPS) is 16.9. The smallest absolute Gasteiger partial charge is 0.331 e. The Morgan fingerprint density at radius 3 is 2.24 bits per heavy atom. The van der Waals surface area contributed by atoms with Crippen molar-refractivity contribution in [1.29, 1.82) is 0 Å². The van der Waals surface area contributed by atoms with Gasteiger partial charge < -0.3 is 5.11 Å². The Balaban J connectivity index is 1.89. The average Bonchev–Trinajstić information content (AvgIpc) is 2.99. The first kappa shape index (κ1) is 21.1. The largest absolute Gasteiger partial charge is 0.478 e. The van der Waals surface area contributed by atoms with E-state index in [1.165, 1.54) is 5.01 Å². The number of nitrogens with zero attached hydrogens (tertiary/aromatic N) is 2. The lowest BCUT2D eigenvalue weighted by molar-refractivity contribution is -0.132. The highest BCUT2D eigenvalue weighted by Gasteiger charge is 2.37. The van der Waals surface area contributed by atoms with Gasteiger partial charge in [0.25, 0.3) is 5.91 Å². The van der Waals surface area contributed by atoms with Crippen molar-refractivity contribution in [3.8, 4) is 0 Å². The van der Waals surface area contributed by atoms with Gasteiger partial charge >= 0.3 is 5.97 Å². The van der Waals surface area contributed by atoms with E-state index < -0.39 is 11.9 Å². The van der Waals surface area contributed by atoms with Crippen molar-refractivity contribution in [1.82, 2.24) is 0 Å². The van der Waals surface area contributed by atoms with Crippen molar-refractivity contribution in [3.63, 3.8) is 0 Å². The lowest BCUT2D eigenvalue weighted by atomic mass is 9.91. The summed E-state index contributed by atoms with van der Waals surface area (Å²) < 4.78 is 0. The number of amides is 1. The molecule has 0 bridgehead atoms. The highest BCUT2D eigenvalue weighted by molar-refractivity contribution is 6.31. The second kappa shape index (κ2) is 9.25. The summed E-state index contributed by atoms with van der Waals surface area (Å²) in [6, 6.07) is 13.7. The Hall–Kier alpha value is -2.63. The second-order valence-electron chi connectivity index (χ2n) is 6.75. The SMILES string of the molecule is CCCC1=NN(c2ccc(Cl)cc2)C(=O)C1C/C(=C/c1ccc(Cl)cc1)C(=O)O. The molecule has 5 nitrogen and oxygen atoms in total. The average molecular weight is 431 g/mol. The van der Waals surface area contributed by atoms with Crippen LogP contribution in [0.2, 0.25) is 10.0 Å². The number of carboxylic acids is 1. The molecule has 1 atom stereocenters. The van der Waals surface area contributed by atoms with Crippen molar-refractivity contribution >= 4 is 52.6 Å². The summed E-state index contributed by atoms with van der Waals surface area (Å²) in [5.74, 6) is -1.91. The van der Waals surface area contributed by atoms with Gasteiger partial charge in [-0.3, -0.25) is 4.79 Å². The quantitative estimate of drug-likeness (QED) is 0.575. The fourth-order valence-corrected chi connectivity index (χ4v) is 3.43. The molecule has 1 aliphatic rings. The summed E-state index contributed by atoms with van der Waals surface area (Å²) >= 11 is 11.8. The molecule has 0 saturated carbocycles. The predicted octanol–water partition coefficient (Wildman–Crippen LogP) is 5.67. The van der Waals surface area contributed by atoms with Crippen molar-refractivity contribution in [3.05, 3.63) is 69.7 Å². The van der Waals surface area contributed by atoms with Crippen molar-refractivity contribution in [2.75, 3.05) is 5.01 Å². The van der Waals surface area contributed by atoms with Crippen molar-refractivity contribution in [2.24, 2.45) is 11.0 Å². The van der Waals surface area contributed by atoms with Gasteiger partial charge in [-0.15, -0.1) is 0 Å². The van der Waals surface area contributed by atoms with Gasteiger partial charge in [0.15, 0.2) is 0 Å². The standard InChI is InChI=1S/C22H20Cl2N2O3/c1-2-3-20-19(21(27)26(25-20)18-10-8-17(24)9-11-18)13-15(22(28)29)12-14-4-6-16(23)7-5-14/h4-12,19H,2-3,13H2,1H3,(H,28,29)/b15-12-. The summed E-state index contributed by atoms with van der Waals surface area (Å²) in [6.45, 7) is 2.00.